The van der Waals surface area contributed by atoms with Gasteiger partial charge in [-0.3, -0.25) is 0 Å². The minimum Gasteiger partial charge on any atom is -0.358 e. The quantitative estimate of drug-likeness (QED) is 0.301. The van der Waals surface area contributed by atoms with Crippen LogP contribution in [0.2, 0.25) is 0 Å². The predicted molar refractivity (Wildman–Crippen MR) is 75.3 cm³/mol. The van der Waals surface area contributed by atoms with Gasteiger partial charge in [0, 0.05) is 10.7 Å². The van der Waals surface area contributed by atoms with Crippen molar-refractivity contribution in [1.29, 1.82) is 0 Å². The third-order valence-corrected chi connectivity index (χ3v) is 4.20. The highest BCUT2D eigenvalue weighted by Gasteiger charge is 2.29. The van der Waals surface area contributed by atoms with Gasteiger partial charge in [-0.05, 0) is 11.3 Å². The smallest absolute Gasteiger partial charge is 0.358 e. The monoisotopic (exact) mass is 323 g/mol. The zero-order chi connectivity index (χ0) is 15.2. The second kappa shape index (κ2) is 7.58. The predicted octanol–water partition coefficient (Wildman–Crippen LogP) is 3.08. The molecule has 0 aliphatic rings. The molecule has 0 unspecified atom stereocenters. The zero-order valence-corrected chi connectivity index (χ0v) is 12.9. The van der Waals surface area contributed by atoms with E-state index in [-0.39, 0.29) is 0 Å². The number of hydrogen-bond acceptors (Lipinski definition) is 5. The number of nitrogens with zero attached hydrogens (tertiary/aromatic N) is 3. The molecule has 0 atom stereocenters. The van der Waals surface area contributed by atoms with Crippen molar-refractivity contribution >= 4 is 25.6 Å². The maximum absolute atomic E-state index is 11.2. The van der Waals surface area contributed by atoms with Gasteiger partial charge in [0.2, 0.25) is 4.90 Å². The molecule has 0 aliphatic carbocycles. The van der Waals surface area contributed by atoms with Crippen molar-refractivity contribution in [3.8, 4) is 0 Å². The Kier molecular flexibility index (Phi) is 6.41. The molecular weight excluding hydrogens is 306 g/mol. The van der Waals surface area contributed by atoms with Crippen molar-refractivity contribution in [2.75, 3.05) is 0 Å². The Hall–Kier alpha value is -1.15. The average Bonchev–Trinajstić information content (AvgIpc) is 2.78. The van der Waals surface area contributed by atoms with Gasteiger partial charge in [0.25, 0.3) is 9.05 Å². The Morgan fingerprint density at radius 2 is 1.90 bits per heavy atom. The summed E-state index contributed by atoms with van der Waals surface area (Å²) in [4.78, 5) is 9.35. The van der Waals surface area contributed by atoms with E-state index in [1.54, 1.807) is 0 Å². The summed E-state index contributed by atoms with van der Waals surface area (Å²) in [5.41, 5.74) is 0. The van der Waals surface area contributed by atoms with Crippen LogP contribution < -0.4 is 0 Å². The molecule has 20 heavy (non-hydrogen) atoms. The molecule has 0 aliphatic heterocycles. The van der Waals surface area contributed by atoms with Crippen LogP contribution in [-0.4, -0.2) is 23.1 Å². The molecule has 0 radical (unpaired) electrons. The molecule has 0 amide bonds. The highest BCUT2D eigenvalue weighted by Crippen LogP contribution is 2.25. The minimum absolute atomic E-state index is 0.444. The van der Waals surface area contributed by atoms with Gasteiger partial charge in [0.1, 0.15) is 0 Å². The van der Waals surface area contributed by atoms with Gasteiger partial charge in [0.15, 0.2) is 0 Å². The number of aromatic nitrogens is 2. The van der Waals surface area contributed by atoms with Crippen LogP contribution in [0.1, 0.15) is 45.4 Å². The fourth-order valence-electron chi connectivity index (χ4n) is 1.86. The summed E-state index contributed by atoms with van der Waals surface area (Å²) in [5.74, 6) is -0.717. The second-order valence-electron chi connectivity index (χ2n) is 4.54. The van der Waals surface area contributed by atoms with Crippen molar-refractivity contribution in [3.05, 3.63) is 16.3 Å². The number of hydrogen-bond donors (Lipinski definition) is 0. The number of unbranched alkanes of at least 4 members (excludes halogenated alkanes) is 5. The van der Waals surface area contributed by atoms with E-state index < -0.39 is 24.7 Å². The van der Waals surface area contributed by atoms with Gasteiger partial charge in [0.05, 0.1) is 17.8 Å². The van der Waals surface area contributed by atoms with Gasteiger partial charge < -0.3 is 10.1 Å². The van der Waals surface area contributed by atoms with Crippen LogP contribution >= 0.6 is 10.7 Å². The Morgan fingerprint density at radius 3 is 2.40 bits per heavy atom. The van der Waals surface area contributed by atoms with Crippen molar-refractivity contribution in [1.82, 2.24) is 9.78 Å². The van der Waals surface area contributed by atoms with Crippen LogP contribution in [0.25, 0.3) is 0 Å². The Morgan fingerprint density at radius 1 is 1.30 bits per heavy atom. The zero-order valence-electron chi connectivity index (χ0n) is 11.3. The maximum atomic E-state index is 11.2. The Balaban J connectivity index is 2.62. The summed E-state index contributed by atoms with van der Waals surface area (Å²) in [6.07, 6.45) is 7.52. The van der Waals surface area contributed by atoms with E-state index in [4.69, 9.17) is 10.7 Å². The van der Waals surface area contributed by atoms with Crippen LogP contribution in [-0.2, 0) is 15.6 Å². The lowest BCUT2D eigenvalue weighted by Crippen LogP contribution is -1.99. The molecule has 0 saturated heterocycles. The molecule has 0 spiro atoms. The molecule has 0 N–H and O–H groups in total. The summed E-state index contributed by atoms with van der Waals surface area (Å²) in [5, 5.41) is 14.4. The lowest BCUT2D eigenvalue weighted by Gasteiger charge is -1.98. The van der Waals surface area contributed by atoms with Crippen molar-refractivity contribution in [2.24, 2.45) is 0 Å². The van der Waals surface area contributed by atoms with E-state index in [2.05, 4.69) is 12.0 Å². The summed E-state index contributed by atoms with van der Waals surface area (Å²) in [6, 6.07) is 0. The van der Waals surface area contributed by atoms with Crippen LogP contribution in [0.15, 0.2) is 11.1 Å². The standard InChI is InChI=1S/C11H18ClN3O4S/c1-2-3-4-5-6-7-8-14-9-10(20(12,18)19)11(13-14)15(16)17/h9H,2-8H2,1H3. The van der Waals surface area contributed by atoms with Crippen LogP contribution in [0.5, 0.6) is 0 Å². The Labute approximate surface area is 122 Å². The second-order valence-corrected chi connectivity index (χ2v) is 7.08. The molecule has 1 aromatic rings. The van der Waals surface area contributed by atoms with E-state index in [0.29, 0.717) is 6.54 Å². The molecule has 1 rings (SSSR count). The molecule has 0 saturated carbocycles. The molecule has 114 valence electrons. The number of halogens is 1. The van der Waals surface area contributed by atoms with Crippen LogP contribution in [0.4, 0.5) is 5.82 Å². The Bertz CT molecular complexity index is 556. The van der Waals surface area contributed by atoms with Crippen LogP contribution in [0.3, 0.4) is 0 Å². The number of aryl methyl sites for hydroxylation is 1. The first-order valence-corrected chi connectivity index (χ1v) is 8.83. The number of rotatable bonds is 9. The first-order chi connectivity index (χ1) is 9.36. The summed E-state index contributed by atoms with van der Waals surface area (Å²) in [7, 11) is 1.00. The fourth-order valence-corrected chi connectivity index (χ4v) is 2.77. The average molecular weight is 324 g/mol. The van der Waals surface area contributed by atoms with Gasteiger partial charge in [-0.15, -0.1) is 0 Å². The van der Waals surface area contributed by atoms with E-state index in [1.807, 2.05) is 0 Å². The maximum Gasteiger partial charge on any atom is 0.410 e. The molecule has 0 aromatic carbocycles. The van der Waals surface area contributed by atoms with E-state index >= 15 is 0 Å². The van der Waals surface area contributed by atoms with Gasteiger partial charge in [-0.2, -0.15) is 4.68 Å². The molecule has 1 aromatic heterocycles. The van der Waals surface area contributed by atoms with Crippen molar-refractivity contribution in [3.63, 3.8) is 0 Å². The van der Waals surface area contributed by atoms with Crippen molar-refractivity contribution < 1.29 is 13.3 Å². The van der Waals surface area contributed by atoms with E-state index in [9.17, 15) is 18.5 Å². The molecule has 7 nitrogen and oxygen atoms in total. The van der Waals surface area contributed by atoms with Gasteiger partial charge >= 0.3 is 5.82 Å². The highest BCUT2D eigenvalue weighted by molar-refractivity contribution is 8.13. The first-order valence-electron chi connectivity index (χ1n) is 6.52. The van der Waals surface area contributed by atoms with E-state index in [1.165, 1.54) is 17.5 Å². The van der Waals surface area contributed by atoms with E-state index in [0.717, 1.165) is 31.9 Å². The number of nitro groups is 1. The molecule has 1 heterocycles. The minimum atomic E-state index is -4.15. The summed E-state index contributed by atoms with van der Waals surface area (Å²) >= 11 is 0. The lowest BCUT2D eigenvalue weighted by molar-refractivity contribution is -0.392. The third kappa shape index (κ3) is 5.09. The molecule has 0 fully saturated rings. The van der Waals surface area contributed by atoms with Gasteiger partial charge in [-0.25, -0.2) is 8.42 Å². The molecule has 0 bridgehead atoms. The largest absolute Gasteiger partial charge is 0.410 e. The van der Waals surface area contributed by atoms with Gasteiger partial charge in [-0.1, -0.05) is 39.0 Å². The molecule has 9 heteroatoms. The SMILES string of the molecule is CCCCCCCCn1cc(S(=O)(=O)Cl)c([N+](=O)[O-])n1. The highest BCUT2D eigenvalue weighted by atomic mass is 35.7. The normalized spacial score (nSPS) is 11.7. The topological polar surface area (TPSA) is 95.1 Å². The first kappa shape index (κ1) is 16.9. The molecular formula is C11H18ClN3O4S. The van der Waals surface area contributed by atoms with Crippen LogP contribution in [0, 0.1) is 10.1 Å². The lowest BCUT2D eigenvalue weighted by atomic mass is 10.1. The fraction of sp³-hybridized carbons (Fsp3) is 0.727. The third-order valence-electron chi connectivity index (χ3n) is 2.89. The summed E-state index contributed by atoms with van der Waals surface area (Å²) in [6.45, 7) is 2.58. The van der Waals surface area contributed by atoms with Crippen molar-refractivity contribution in [2.45, 2.75) is 56.9 Å². The summed E-state index contributed by atoms with van der Waals surface area (Å²) < 4.78 is 23.7.